The quantitative estimate of drug-likeness (QED) is 0.333. The van der Waals surface area contributed by atoms with Gasteiger partial charge in [-0.15, -0.1) is 0 Å². The van der Waals surface area contributed by atoms with Crippen molar-refractivity contribution >= 4 is 11.0 Å². The molecule has 10 nitrogen and oxygen atoms in total. The van der Waals surface area contributed by atoms with Gasteiger partial charge in [0.05, 0.1) is 22.2 Å². The minimum atomic E-state index is -0.832. The van der Waals surface area contributed by atoms with E-state index in [1.807, 2.05) is 12.1 Å². The lowest BCUT2D eigenvalue weighted by atomic mass is 10.0. The van der Waals surface area contributed by atoms with Gasteiger partial charge in [-0.05, 0) is 42.7 Å². The first-order chi connectivity index (χ1) is 14.8. The van der Waals surface area contributed by atoms with E-state index in [2.05, 4.69) is 15.0 Å². The molecule has 10 heteroatoms. The van der Waals surface area contributed by atoms with Crippen molar-refractivity contribution in [1.82, 2.24) is 19.5 Å². The number of aromatic amines is 1. The largest absolute Gasteiger partial charge is 0.504 e. The summed E-state index contributed by atoms with van der Waals surface area (Å²) in [6, 6.07) is 9.80. The number of hydrogen-bond donors (Lipinski definition) is 3. The number of nitrogens with one attached hydrogen (secondary N) is 1. The number of H-pyrrole nitrogens is 1. The highest BCUT2D eigenvalue weighted by Crippen LogP contribution is 2.29. The Hall–Kier alpha value is -4.70. The molecule has 152 valence electrons. The number of nitrogens with zero attached hydrogens (tertiary/aromatic N) is 5. The Morgan fingerprint density at radius 1 is 1.10 bits per heavy atom. The maximum atomic E-state index is 12.4. The number of phenols is 2. The zero-order valence-electron chi connectivity index (χ0n) is 16.2. The molecular weight excluding hydrogens is 400 g/mol. The molecule has 0 aliphatic carbocycles. The average molecular weight is 414 g/mol. The topological polar surface area (TPSA) is 169 Å². The molecule has 2 aromatic carbocycles. The summed E-state index contributed by atoms with van der Waals surface area (Å²) in [5.41, 5.74) is 0.583. The van der Waals surface area contributed by atoms with Gasteiger partial charge in [-0.3, -0.25) is 9.78 Å². The molecule has 2 aliphatic rings. The number of fused-ring (bicyclic) bond motifs is 2. The fourth-order valence-electron chi connectivity index (χ4n) is 3.58. The van der Waals surface area contributed by atoms with Gasteiger partial charge in [0.1, 0.15) is 12.1 Å². The van der Waals surface area contributed by atoms with Crippen LogP contribution in [0.1, 0.15) is 22.3 Å². The summed E-state index contributed by atoms with van der Waals surface area (Å²) in [7, 11) is 0. The molecule has 0 aromatic heterocycles. The molecule has 0 saturated carbocycles. The predicted octanol–water partition coefficient (Wildman–Crippen LogP) is 1.29. The minimum Gasteiger partial charge on any atom is -0.504 e. The Kier molecular flexibility index (Phi) is 4.61. The molecule has 0 radical (unpaired) electrons. The minimum absolute atomic E-state index is 0.0425. The molecule has 2 aliphatic heterocycles. The van der Waals surface area contributed by atoms with Crippen LogP contribution in [-0.4, -0.2) is 29.7 Å². The van der Waals surface area contributed by atoms with Crippen LogP contribution in [0.2, 0.25) is 0 Å². The van der Waals surface area contributed by atoms with Crippen molar-refractivity contribution in [1.29, 1.82) is 10.5 Å². The smallest absolute Gasteiger partial charge is 0.349 e. The first-order valence-corrected chi connectivity index (χ1v) is 9.13. The van der Waals surface area contributed by atoms with E-state index < -0.39 is 11.2 Å². The number of aromatic nitrogens is 4. The predicted molar refractivity (Wildman–Crippen MR) is 109 cm³/mol. The van der Waals surface area contributed by atoms with Crippen LogP contribution in [0.4, 0.5) is 0 Å². The normalized spacial score (nSPS) is 10.8. The van der Waals surface area contributed by atoms with E-state index in [-0.39, 0.29) is 40.7 Å². The zero-order valence-corrected chi connectivity index (χ0v) is 16.2. The number of aromatic hydroxyl groups is 2. The van der Waals surface area contributed by atoms with Gasteiger partial charge in [-0.2, -0.15) is 15.5 Å². The van der Waals surface area contributed by atoms with Crippen molar-refractivity contribution in [3.63, 3.8) is 0 Å². The number of benzene rings is 2. The molecule has 0 amide bonds. The second kappa shape index (κ2) is 7.28. The first kappa shape index (κ1) is 19.6. The van der Waals surface area contributed by atoms with Crippen LogP contribution in [0.25, 0.3) is 22.6 Å². The van der Waals surface area contributed by atoms with Gasteiger partial charge >= 0.3 is 5.69 Å². The van der Waals surface area contributed by atoms with Gasteiger partial charge < -0.3 is 14.8 Å². The highest BCUT2D eigenvalue weighted by Gasteiger charge is 2.22. The van der Waals surface area contributed by atoms with Gasteiger partial charge in [-0.1, -0.05) is 6.07 Å². The lowest BCUT2D eigenvalue weighted by Crippen LogP contribution is -2.29. The Morgan fingerprint density at radius 2 is 1.87 bits per heavy atom. The summed E-state index contributed by atoms with van der Waals surface area (Å²) in [5, 5.41) is 38.2. The second-order valence-electron chi connectivity index (χ2n) is 6.90. The lowest BCUT2D eigenvalue weighted by molar-refractivity contribution is 0.403. The second-order valence-corrected chi connectivity index (χ2v) is 6.90. The molecule has 4 rings (SSSR count). The number of hydrogen-bond acceptors (Lipinski definition) is 8. The van der Waals surface area contributed by atoms with Gasteiger partial charge in [0.15, 0.2) is 23.0 Å². The number of phenolic OH excluding ortho intramolecular Hbond substituents is 2. The maximum Gasteiger partial charge on any atom is 0.349 e. The molecule has 2 heterocycles. The van der Waals surface area contributed by atoms with Gasteiger partial charge in [0, 0.05) is 6.54 Å². The summed E-state index contributed by atoms with van der Waals surface area (Å²) in [6.45, 7) is 1.87. The van der Waals surface area contributed by atoms with Crippen molar-refractivity contribution < 1.29 is 10.2 Å². The third kappa shape index (κ3) is 3.22. The Morgan fingerprint density at radius 3 is 2.55 bits per heavy atom. The zero-order chi connectivity index (χ0) is 22.3. The lowest BCUT2D eigenvalue weighted by Gasteiger charge is -2.19. The van der Waals surface area contributed by atoms with Crippen molar-refractivity contribution in [3.8, 4) is 35.2 Å². The van der Waals surface area contributed by atoms with Gasteiger partial charge in [-0.25, -0.2) is 9.78 Å². The van der Waals surface area contributed by atoms with Gasteiger partial charge in [0.25, 0.3) is 5.56 Å². The van der Waals surface area contributed by atoms with E-state index in [1.54, 1.807) is 17.6 Å². The Labute approximate surface area is 174 Å². The number of aryl methyl sites for hydroxylation is 3. The molecule has 0 spiro atoms. The average Bonchev–Trinajstić information content (AvgIpc) is 2.74. The molecule has 0 fully saturated rings. The standard InChI is InChI=1S/C21H14N6O4/c1-10-13(9-23)12(8-22)7-14-18(10)27(5-4-11-2-3-15(28)16(29)6-11)19-17(24-14)20(30)26-21(31)25-19/h2-3,6-7,28-29H,4-5H2,1H3,(H,26,30,31). The van der Waals surface area contributed by atoms with Crippen molar-refractivity contribution in [2.45, 2.75) is 19.9 Å². The third-order valence-corrected chi connectivity index (χ3v) is 5.03. The fourth-order valence-corrected chi connectivity index (χ4v) is 3.58. The third-order valence-electron chi connectivity index (χ3n) is 5.03. The molecule has 31 heavy (non-hydrogen) atoms. The molecule has 0 unspecified atom stereocenters. The van der Waals surface area contributed by atoms with Crippen molar-refractivity contribution in [2.75, 3.05) is 0 Å². The summed E-state index contributed by atoms with van der Waals surface area (Å²) in [5.74, 6) is -0.482. The molecular formula is C21H14N6O4. The monoisotopic (exact) mass is 414 g/mol. The van der Waals surface area contributed by atoms with Crippen molar-refractivity contribution in [3.05, 3.63) is 67.4 Å². The molecule has 3 N–H and O–H groups in total. The van der Waals surface area contributed by atoms with Crippen molar-refractivity contribution in [2.24, 2.45) is 0 Å². The van der Waals surface area contributed by atoms with E-state index in [0.717, 1.165) is 0 Å². The van der Waals surface area contributed by atoms with Crippen LogP contribution < -0.4 is 11.2 Å². The molecule has 0 bridgehead atoms. The highest BCUT2D eigenvalue weighted by molar-refractivity contribution is 5.86. The molecule has 2 aromatic rings. The van der Waals surface area contributed by atoms with Crippen LogP contribution in [0.5, 0.6) is 11.5 Å². The number of nitriles is 2. The van der Waals surface area contributed by atoms with E-state index in [9.17, 15) is 30.3 Å². The summed E-state index contributed by atoms with van der Waals surface area (Å²) in [4.78, 5) is 34.6. The van der Waals surface area contributed by atoms with E-state index in [1.165, 1.54) is 18.2 Å². The van der Waals surface area contributed by atoms with E-state index in [4.69, 9.17) is 0 Å². The van der Waals surface area contributed by atoms with Gasteiger partial charge in [0.2, 0.25) is 0 Å². The van der Waals surface area contributed by atoms with Crippen LogP contribution in [0, 0.1) is 29.6 Å². The highest BCUT2D eigenvalue weighted by atomic mass is 16.3. The number of rotatable bonds is 3. The first-order valence-electron chi connectivity index (χ1n) is 9.13. The maximum absolute atomic E-state index is 12.4. The SMILES string of the molecule is Cc1c(C#N)c(C#N)cc2nc3c(=O)[nH]c(=O)nc-3n(CCc3ccc(O)c(O)c3)c12. The summed E-state index contributed by atoms with van der Waals surface area (Å²) < 4.78 is 1.61. The van der Waals surface area contributed by atoms with Crippen LogP contribution in [0.15, 0.2) is 33.9 Å². The Bertz CT molecular complexity index is 1540. The van der Waals surface area contributed by atoms with E-state index >= 15 is 0 Å². The van der Waals surface area contributed by atoms with Crippen LogP contribution in [-0.2, 0) is 13.0 Å². The van der Waals surface area contributed by atoms with Crippen LogP contribution in [0.3, 0.4) is 0 Å². The van der Waals surface area contributed by atoms with E-state index in [0.29, 0.717) is 28.6 Å². The van der Waals surface area contributed by atoms with Crippen LogP contribution >= 0.6 is 0 Å². The molecule has 0 atom stereocenters. The fraction of sp³-hybridized carbons (Fsp3) is 0.143. The summed E-state index contributed by atoms with van der Waals surface area (Å²) >= 11 is 0. The Balaban J connectivity index is 2.02. The summed E-state index contributed by atoms with van der Waals surface area (Å²) in [6.07, 6.45) is 0.344. The molecule has 0 saturated heterocycles.